The summed E-state index contributed by atoms with van der Waals surface area (Å²) in [6.07, 6.45) is 3.14. The van der Waals surface area contributed by atoms with Crippen molar-refractivity contribution in [1.82, 2.24) is 3.97 Å². The molecule has 7 heteroatoms. The summed E-state index contributed by atoms with van der Waals surface area (Å²) in [6, 6.07) is 20.8. The van der Waals surface area contributed by atoms with Gasteiger partial charge in [-0.1, -0.05) is 24.3 Å². The normalized spacial score (nSPS) is 11.4. The molecule has 158 valence electrons. The number of methoxy groups -OCH3 is 1. The molecule has 0 aliphatic carbocycles. The molecule has 0 N–H and O–H groups in total. The van der Waals surface area contributed by atoms with Crippen molar-refractivity contribution in [3.05, 3.63) is 84.6 Å². The van der Waals surface area contributed by atoms with Crippen LogP contribution in [-0.4, -0.2) is 25.8 Å². The first kappa shape index (κ1) is 20.7. The molecular weight excluding hydrogens is 414 g/mol. The third kappa shape index (κ3) is 4.18. The topological polar surface area (TPSA) is 74.6 Å². The number of carbonyl (C=O) groups is 1. The number of rotatable bonds is 8. The zero-order valence-corrected chi connectivity index (χ0v) is 17.7. The van der Waals surface area contributed by atoms with Crippen LogP contribution >= 0.6 is 0 Å². The quantitative estimate of drug-likeness (QED) is 0.371. The molecule has 0 saturated heterocycles. The van der Waals surface area contributed by atoms with Crippen LogP contribution in [0, 0.1) is 0 Å². The molecule has 0 amide bonds. The van der Waals surface area contributed by atoms with Crippen molar-refractivity contribution < 1.29 is 22.7 Å². The molecule has 0 aliphatic heterocycles. The van der Waals surface area contributed by atoms with E-state index in [1.165, 1.54) is 16.1 Å². The molecule has 0 bridgehead atoms. The highest BCUT2D eigenvalue weighted by molar-refractivity contribution is 7.90. The van der Waals surface area contributed by atoms with Crippen molar-refractivity contribution >= 4 is 27.2 Å². The summed E-state index contributed by atoms with van der Waals surface area (Å²) in [7, 11) is -2.34. The Morgan fingerprint density at radius 1 is 0.903 bits per heavy atom. The summed E-state index contributed by atoms with van der Waals surface area (Å²) in [5, 5.41) is 0.737. The molecule has 0 saturated carbocycles. The van der Waals surface area contributed by atoms with Crippen LogP contribution in [-0.2, 0) is 21.2 Å². The number of hydrogen-bond donors (Lipinski definition) is 0. The Morgan fingerprint density at radius 3 is 2.42 bits per heavy atom. The molecule has 0 aliphatic rings. The fourth-order valence-corrected chi connectivity index (χ4v) is 4.85. The summed E-state index contributed by atoms with van der Waals surface area (Å²) >= 11 is 0. The number of nitrogens with zero attached hydrogens (tertiary/aromatic N) is 1. The maximum atomic E-state index is 13.5. The molecule has 0 radical (unpaired) electrons. The molecule has 3 aromatic carbocycles. The van der Waals surface area contributed by atoms with E-state index < -0.39 is 10.0 Å². The monoisotopic (exact) mass is 435 g/mol. The van der Waals surface area contributed by atoms with Crippen LogP contribution < -0.4 is 9.47 Å². The molecule has 31 heavy (non-hydrogen) atoms. The Hall–Kier alpha value is -3.58. The Kier molecular flexibility index (Phi) is 5.77. The van der Waals surface area contributed by atoms with Gasteiger partial charge >= 0.3 is 0 Å². The van der Waals surface area contributed by atoms with Gasteiger partial charge in [0.15, 0.2) is 0 Å². The van der Waals surface area contributed by atoms with Gasteiger partial charge in [0.05, 0.1) is 17.5 Å². The Bertz CT molecular complexity index is 1330. The molecule has 0 atom stereocenters. The molecule has 6 nitrogen and oxygen atoms in total. The number of para-hydroxylation sites is 1. The highest BCUT2D eigenvalue weighted by Gasteiger charge is 2.22. The van der Waals surface area contributed by atoms with Crippen molar-refractivity contribution in [1.29, 1.82) is 0 Å². The second kappa shape index (κ2) is 8.65. The molecule has 1 heterocycles. The molecule has 4 rings (SSSR count). The molecular formula is C24H21NO5S. The second-order valence-electron chi connectivity index (χ2n) is 6.93. The predicted octanol–water partition coefficient (Wildman–Crippen LogP) is 4.81. The summed E-state index contributed by atoms with van der Waals surface area (Å²) in [5.41, 5.74) is 1.29. The standard InChI is InChI=1S/C24H21NO5S/c1-29-20-12-13-24-23(16-20)18(7-6-14-26)17-25(24)31(27,28)22-11-5-10-21(15-22)30-19-8-3-2-4-9-19/h2-5,8-17H,6-7H2,1H3. The van der Waals surface area contributed by atoms with E-state index in [1.807, 2.05) is 18.2 Å². The van der Waals surface area contributed by atoms with Crippen molar-refractivity contribution in [2.45, 2.75) is 17.7 Å². The van der Waals surface area contributed by atoms with Gasteiger partial charge in [0.1, 0.15) is 23.5 Å². The van der Waals surface area contributed by atoms with Crippen LogP contribution in [0.25, 0.3) is 10.9 Å². The van der Waals surface area contributed by atoms with Crippen LogP contribution in [0.1, 0.15) is 12.0 Å². The predicted molar refractivity (Wildman–Crippen MR) is 118 cm³/mol. The molecule has 1 aromatic heterocycles. The average molecular weight is 436 g/mol. The Balaban J connectivity index is 1.78. The highest BCUT2D eigenvalue weighted by Crippen LogP contribution is 2.31. The van der Waals surface area contributed by atoms with Crippen molar-refractivity contribution in [3.8, 4) is 17.2 Å². The molecule has 0 spiro atoms. The number of hydrogen-bond acceptors (Lipinski definition) is 5. The van der Waals surface area contributed by atoms with E-state index in [4.69, 9.17) is 9.47 Å². The maximum Gasteiger partial charge on any atom is 0.268 e. The van der Waals surface area contributed by atoms with Crippen molar-refractivity contribution in [2.24, 2.45) is 0 Å². The minimum absolute atomic E-state index is 0.107. The number of aromatic nitrogens is 1. The molecule has 4 aromatic rings. The second-order valence-corrected chi connectivity index (χ2v) is 8.75. The smallest absolute Gasteiger partial charge is 0.268 e. The van der Waals surface area contributed by atoms with Gasteiger partial charge in [-0.2, -0.15) is 0 Å². The van der Waals surface area contributed by atoms with Crippen LogP contribution in [0.4, 0.5) is 0 Å². The van der Waals surface area contributed by atoms with Gasteiger partial charge in [0.2, 0.25) is 0 Å². The van der Waals surface area contributed by atoms with E-state index in [9.17, 15) is 13.2 Å². The lowest BCUT2D eigenvalue weighted by molar-refractivity contribution is -0.107. The summed E-state index contributed by atoms with van der Waals surface area (Å²) in [4.78, 5) is 11.0. The fourth-order valence-electron chi connectivity index (χ4n) is 3.42. The number of benzene rings is 3. The largest absolute Gasteiger partial charge is 0.497 e. The van der Waals surface area contributed by atoms with Gasteiger partial charge < -0.3 is 14.3 Å². The van der Waals surface area contributed by atoms with Crippen LogP contribution in [0.2, 0.25) is 0 Å². The first-order chi connectivity index (χ1) is 15.0. The Morgan fingerprint density at radius 2 is 1.68 bits per heavy atom. The van der Waals surface area contributed by atoms with Gasteiger partial charge in [0.25, 0.3) is 10.0 Å². The van der Waals surface area contributed by atoms with Gasteiger partial charge in [-0.05, 0) is 54.4 Å². The minimum Gasteiger partial charge on any atom is -0.497 e. The zero-order valence-electron chi connectivity index (χ0n) is 16.9. The summed E-state index contributed by atoms with van der Waals surface area (Å²) in [6.45, 7) is 0. The van der Waals surface area contributed by atoms with Crippen molar-refractivity contribution in [3.63, 3.8) is 0 Å². The van der Waals surface area contributed by atoms with E-state index in [1.54, 1.807) is 55.8 Å². The third-order valence-corrected chi connectivity index (χ3v) is 6.60. The third-order valence-electron chi connectivity index (χ3n) is 4.93. The maximum absolute atomic E-state index is 13.5. The lowest BCUT2D eigenvalue weighted by Gasteiger charge is -2.10. The van der Waals surface area contributed by atoms with Crippen LogP contribution in [0.3, 0.4) is 0 Å². The van der Waals surface area contributed by atoms with Crippen molar-refractivity contribution in [2.75, 3.05) is 7.11 Å². The lowest BCUT2D eigenvalue weighted by atomic mass is 10.1. The van der Waals surface area contributed by atoms with Crippen LogP contribution in [0.15, 0.2) is 83.9 Å². The lowest BCUT2D eigenvalue weighted by Crippen LogP contribution is -2.12. The van der Waals surface area contributed by atoms with E-state index in [0.29, 0.717) is 35.6 Å². The van der Waals surface area contributed by atoms with E-state index >= 15 is 0 Å². The SMILES string of the molecule is COc1ccc2c(c1)c(CCC=O)cn2S(=O)(=O)c1cccc(Oc2ccccc2)c1. The van der Waals surface area contributed by atoms with Gasteiger partial charge in [-0.3, -0.25) is 0 Å². The first-order valence-corrected chi connectivity index (χ1v) is 11.2. The highest BCUT2D eigenvalue weighted by atomic mass is 32.2. The summed E-state index contributed by atoms with van der Waals surface area (Å²) in [5.74, 6) is 1.66. The number of aryl methyl sites for hydroxylation is 1. The van der Waals surface area contributed by atoms with Gasteiger partial charge in [0, 0.05) is 24.1 Å². The van der Waals surface area contributed by atoms with E-state index in [0.717, 1.165) is 17.2 Å². The molecule has 0 unspecified atom stereocenters. The number of carbonyl (C=O) groups excluding carboxylic acids is 1. The minimum atomic E-state index is -3.90. The zero-order chi connectivity index (χ0) is 21.8. The first-order valence-electron chi connectivity index (χ1n) is 9.73. The van der Waals surface area contributed by atoms with Crippen LogP contribution in [0.5, 0.6) is 17.2 Å². The summed E-state index contributed by atoms with van der Waals surface area (Å²) < 4.78 is 39.3. The number of ether oxygens (including phenoxy) is 2. The van der Waals surface area contributed by atoms with Gasteiger partial charge in [-0.25, -0.2) is 12.4 Å². The van der Waals surface area contributed by atoms with E-state index in [-0.39, 0.29) is 4.90 Å². The number of aldehydes is 1. The number of fused-ring (bicyclic) bond motifs is 1. The average Bonchev–Trinajstić information content (AvgIpc) is 3.17. The Labute approximate surface area is 180 Å². The van der Waals surface area contributed by atoms with E-state index in [2.05, 4.69) is 0 Å². The molecule has 0 fully saturated rings. The van der Waals surface area contributed by atoms with Gasteiger partial charge in [-0.15, -0.1) is 0 Å². The fraction of sp³-hybridized carbons (Fsp3) is 0.125.